The van der Waals surface area contributed by atoms with Crippen LogP contribution in [0.2, 0.25) is 0 Å². The first-order chi connectivity index (χ1) is 7.97. The maximum absolute atomic E-state index is 5.87. The zero-order chi connectivity index (χ0) is 12.9. The largest absolute Gasteiger partial charge is 0.490 e. The second-order valence-electron chi connectivity index (χ2n) is 5.01. The highest BCUT2D eigenvalue weighted by molar-refractivity contribution is 5.29. The Hall–Kier alpha value is -1.13. The number of nitrogens with zero attached hydrogens (tertiary/aromatic N) is 2. The third-order valence-corrected chi connectivity index (χ3v) is 3.03. The van der Waals surface area contributed by atoms with Crippen LogP contribution in [0.1, 0.15) is 19.4 Å². The standard InChI is InChI=1S/C13H23N3O/c1-13(2,16(4)5)10-17-12-9-15-7-6-11(12)8-14-3/h6-7,9,14H,8,10H2,1-5H3. The number of hydrogen-bond acceptors (Lipinski definition) is 4. The highest BCUT2D eigenvalue weighted by Gasteiger charge is 2.21. The minimum absolute atomic E-state index is 0.00670. The van der Waals surface area contributed by atoms with Crippen molar-refractivity contribution in [1.29, 1.82) is 0 Å². The summed E-state index contributed by atoms with van der Waals surface area (Å²) in [5.74, 6) is 0.858. The van der Waals surface area contributed by atoms with E-state index >= 15 is 0 Å². The van der Waals surface area contributed by atoms with Crippen molar-refractivity contribution in [3.8, 4) is 5.75 Å². The lowest BCUT2D eigenvalue weighted by Crippen LogP contribution is -2.43. The summed E-state index contributed by atoms with van der Waals surface area (Å²) in [7, 11) is 6.04. The molecule has 0 atom stereocenters. The Morgan fingerprint density at radius 2 is 2.12 bits per heavy atom. The molecule has 1 aromatic rings. The van der Waals surface area contributed by atoms with Crippen LogP contribution in [0.4, 0.5) is 0 Å². The van der Waals surface area contributed by atoms with Crippen molar-refractivity contribution >= 4 is 0 Å². The lowest BCUT2D eigenvalue weighted by Gasteiger charge is -2.32. The molecule has 0 aliphatic rings. The van der Waals surface area contributed by atoms with E-state index in [1.165, 1.54) is 0 Å². The van der Waals surface area contributed by atoms with Gasteiger partial charge in [-0.05, 0) is 41.1 Å². The Labute approximate surface area is 104 Å². The summed E-state index contributed by atoms with van der Waals surface area (Å²) in [5, 5.41) is 3.13. The van der Waals surface area contributed by atoms with E-state index in [4.69, 9.17) is 4.74 Å². The third kappa shape index (κ3) is 3.98. The van der Waals surface area contributed by atoms with Gasteiger partial charge in [0.05, 0.1) is 6.20 Å². The first-order valence-corrected chi connectivity index (χ1v) is 5.85. The minimum Gasteiger partial charge on any atom is -0.490 e. The van der Waals surface area contributed by atoms with E-state index in [0.717, 1.165) is 17.9 Å². The van der Waals surface area contributed by atoms with Gasteiger partial charge in [-0.3, -0.25) is 4.98 Å². The highest BCUT2D eigenvalue weighted by atomic mass is 16.5. The number of likely N-dealkylation sites (N-methyl/N-ethyl adjacent to an activating group) is 1. The lowest BCUT2D eigenvalue weighted by molar-refractivity contribution is 0.113. The van der Waals surface area contributed by atoms with E-state index in [2.05, 4.69) is 43.1 Å². The Bertz CT molecular complexity index is 350. The second-order valence-corrected chi connectivity index (χ2v) is 5.01. The summed E-state index contributed by atoms with van der Waals surface area (Å²) >= 11 is 0. The molecular formula is C13H23N3O. The predicted octanol–water partition coefficient (Wildman–Crippen LogP) is 1.52. The van der Waals surface area contributed by atoms with E-state index in [-0.39, 0.29) is 5.54 Å². The molecule has 0 saturated heterocycles. The Morgan fingerprint density at radius 1 is 1.41 bits per heavy atom. The monoisotopic (exact) mass is 237 g/mol. The van der Waals surface area contributed by atoms with E-state index in [1.54, 1.807) is 12.4 Å². The number of ether oxygens (including phenoxy) is 1. The fourth-order valence-corrected chi connectivity index (χ4v) is 1.26. The van der Waals surface area contributed by atoms with Gasteiger partial charge in [-0.2, -0.15) is 0 Å². The Morgan fingerprint density at radius 3 is 2.71 bits per heavy atom. The molecule has 1 rings (SSSR count). The van der Waals surface area contributed by atoms with Gasteiger partial charge in [-0.15, -0.1) is 0 Å². The summed E-state index contributed by atoms with van der Waals surface area (Å²) < 4.78 is 5.87. The Kier molecular flexibility index (Phi) is 4.90. The molecular weight excluding hydrogens is 214 g/mol. The van der Waals surface area contributed by atoms with Crippen LogP contribution in [0.25, 0.3) is 0 Å². The zero-order valence-electron chi connectivity index (χ0n) is 11.4. The quantitative estimate of drug-likeness (QED) is 0.814. The van der Waals surface area contributed by atoms with Crippen molar-refractivity contribution in [2.24, 2.45) is 0 Å². The van der Waals surface area contributed by atoms with Crippen LogP contribution in [-0.4, -0.2) is 43.2 Å². The van der Waals surface area contributed by atoms with Crippen LogP contribution >= 0.6 is 0 Å². The van der Waals surface area contributed by atoms with Crippen molar-refractivity contribution in [1.82, 2.24) is 15.2 Å². The molecule has 4 nitrogen and oxygen atoms in total. The van der Waals surface area contributed by atoms with Crippen LogP contribution in [0.3, 0.4) is 0 Å². The molecule has 0 amide bonds. The van der Waals surface area contributed by atoms with Crippen LogP contribution in [0, 0.1) is 0 Å². The van der Waals surface area contributed by atoms with Gasteiger partial charge in [0.15, 0.2) is 0 Å². The lowest BCUT2D eigenvalue weighted by atomic mass is 10.1. The van der Waals surface area contributed by atoms with Crippen molar-refractivity contribution in [3.63, 3.8) is 0 Å². The fourth-order valence-electron chi connectivity index (χ4n) is 1.26. The average Bonchev–Trinajstić information content (AvgIpc) is 2.28. The fraction of sp³-hybridized carbons (Fsp3) is 0.615. The molecule has 0 aliphatic heterocycles. The SMILES string of the molecule is CNCc1ccncc1OCC(C)(C)N(C)C. The number of hydrogen-bond donors (Lipinski definition) is 1. The summed E-state index contributed by atoms with van der Waals surface area (Å²) in [6.45, 7) is 5.74. The molecule has 96 valence electrons. The number of pyridine rings is 1. The maximum atomic E-state index is 5.87. The van der Waals surface area contributed by atoms with Crippen molar-refractivity contribution < 1.29 is 4.74 Å². The zero-order valence-corrected chi connectivity index (χ0v) is 11.4. The van der Waals surface area contributed by atoms with E-state index in [0.29, 0.717) is 6.61 Å². The van der Waals surface area contributed by atoms with Gasteiger partial charge in [0.25, 0.3) is 0 Å². The number of aromatic nitrogens is 1. The molecule has 17 heavy (non-hydrogen) atoms. The molecule has 4 heteroatoms. The van der Waals surface area contributed by atoms with E-state index in [9.17, 15) is 0 Å². The molecule has 1 aromatic heterocycles. The van der Waals surface area contributed by atoms with Crippen LogP contribution in [0.15, 0.2) is 18.5 Å². The molecule has 0 aromatic carbocycles. The average molecular weight is 237 g/mol. The molecule has 0 fully saturated rings. The smallest absolute Gasteiger partial charge is 0.142 e. The van der Waals surface area contributed by atoms with Crippen molar-refractivity contribution in [2.75, 3.05) is 27.7 Å². The van der Waals surface area contributed by atoms with Gasteiger partial charge in [0.1, 0.15) is 12.4 Å². The van der Waals surface area contributed by atoms with Crippen LogP contribution < -0.4 is 10.1 Å². The normalized spacial score (nSPS) is 11.9. The summed E-state index contributed by atoms with van der Waals surface area (Å²) in [6, 6.07) is 1.98. The van der Waals surface area contributed by atoms with Crippen molar-refractivity contribution in [3.05, 3.63) is 24.0 Å². The van der Waals surface area contributed by atoms with Crippen LogP contribution in [-0.2, 0) is 6.54 Å². The summed E-state index contributed by atoms with van der Waals surface area (Å²) in [4.78, 5) is 6.26. The van der Waals surface area contributed by atoms with Gasteiger partial charge < -0.3 is 15.0 Å². The molecule has 1 heterocycles. The molecule has 0 saturated carbocycles. The molecule has 1 N–H and O–H groups in total. The molecule has 0 spiro atoms. The molecule has 0 aliphatic carbocycles. The van der Waals surface area contributed by atoms with Gasteiger partial charge in [0.2, 0.25) is 0 Å². The van der Waals surface area contributed by atoms with Gasteiger partial charge >= 0.3 is 0 Å². The van der Waals surface area contributed by atoms with Gasteiger partial charge in [-0.25, -0.2) is 0 Å². The maximum Gasteiger partial charge on any atom is 0.142 e. The number of rotatable bonds is 6. The number of nitrogens with one attached hydrogen (secondary N) is 1. The topological polar surface area (TPSA) is 37.4 Å². The first-order valence-electron chi connectivity index (χ1n) is 5.85. The summed E-state index contributed by atoms with van der Waals surface area (Å²) in [5.41, 5.74) is 1.14. The summed E-state index contributed by atoms with van der Waals surface area (Å²) in [6.07, 6.45) is 3.56. The third-order valence-electron chi connectivity index (χ3n) is 3.03. The Balaban J connectivity index is 2.69. The first kappa shape index (κ1) is 13.9. The minimum atomic E-state index is 0.00670. The predicted molar refractivity (Wildman–Crippen MR) is 70.3 cm³/mol. The highest BCUT2D eigenvalue weighted by Crippen LogP contribution is 2.19. The van der Waals surface area contributed by atoms with Crippen LogP contribution in [0.5, 0.6) is 5.75 Å². The van der Waals surface area contributed by atoms with E-state index in [1.807, 2.05) is 13.1 Å². The molecule has 0 unspecified atom stereocenters. The molecule has 0 bridgehead atoms. The van der Waals surface area contributed by atoms with E-state index < -0.39 is 0 Å². The second kappa shape index (κ2) is 5.98. The van der Waals surface area contributed by atoms with Gasteiger partial charge in [0, 0.05) is 23.8 Å². The van der Waals surface area contributed by atoms with Crippen molar-refractivity contribution in [2.45, 2.75) is 25.9 Å². The van der Waals surface area contributed by atoms with Gasteiger partial charge in [-0.1, -0.05) is 0 Å². The molecule has 0 radical (unpaired) electrons.